The number of aryl methyl sites for hydroxylation is 1. The quantitative estimate of drug-likeness (QED) is 0.438. The Bertz CT molecular complexity index is 1180. The highest BCUT2D eigenvalue weighted by Crippen LogP contribution is 2.35. The minimum atomic E-state index is -0.403. The van der Waals surface area contributed by atoms with Crippen LogP contribution in [0.1, 0.15) is 46.0 Å². The maximum atomic E-state index is 12.9. The van der Waals surface area contributed by atoms with E-state index in [1.54, 1.807) is 21.7 Å². The molecule has 4 heterocycles. The summed E-state index contributed by atoms with van der Waals surface area (Å²) in [7, 11) is 1.48. The molecule has 0 N–H and O–H groups in total. The summed E-state index contributed by atoms with van der Waals surface area (Å²) in [6, 6.07) is 10.1. The number of aromatic nitrogens is 1. The number of nitrogens with zero attached hydrogens (tertiary/aromatic N) is 4. The fourth-order valence-corrected chi connectivity index (χ4v) is 6.27. The first-order valence-electron chi connectivity index (χ1n) is 14.8. The zero-order chi connectivity index (χ0) is 28.1. The van der Waals surface area contributed by atoms with Gasteiger partial charge in [-0.15, -0.1) is 0 Å². The van der Waals surface area contributed by atoms with Gasteiger partial charge in [-0.25, -0.2) is 0 Å². The van der Waals surface area contributed by atoms with Gasteiger partial charge < -0.3 is 33.5 Å². The van der Waals surface area contributed by atoms with Crippen molar-refractivity contribution >= 4 is 17.3 Å². The average Bonchev–Trinajstić information content (AvgIpc) is 2.98. The van der Waals surface area contributed by atoms with E-state index in [2.05, 4.69) is 41.0 Å². The molecule has 1 amide bonds. The maximum absolute atomic E-state index is 12.9. The molecule has 3 aliphatic rings. The van der Waals surface area contributed by atoms with E-state index in [0.717, 1.165) is 57.2 Å². The van der Waals surface area contributed by atoms with Gasteiger partial charge in [-0.3, -0.25) is 9.59 Å². The molecule has 3 aliphatic heterocycles. The third-order valence-electron chi connectivity index (χ3n) is 8.67. The van der Waals surface area contributed by atoms with Crippen molar-refractivity contribution in [3.8, 4) is 11.5 Å². The summed E-state index contributed by atoms with van der Waals surface area (Å²) in [6.45, 7) is 11.2. The molecule has 40 heavy (non-hydrogen) atoms. The minimum Gasteiger partial charge on any atom is -0.494 e. The molecule has 1 aromatic heterocycles. The number of methoxy groups -OCH3 is 1. The molecule has 5 rings (SSSR count). The number of anilines is 2. The molecule has 0 aliphatic carbocycles. The second-order valence-corrected chi connectivity index (χ2v) is 11.5. The Hall–Kier alpha value is -3.04. The van der Waals surface area contributed by atoms with E-state index < -0.39 is 5.60 Å². The number of amides is 1. The Morgan fingerprint density at radius 2 is 1.85 bits per heavy atom. The first-order chi connectivity index (χ1) is 19.4. The number of carbonyl (C=O) groups excluding carboxylic acids is 1. The largest absolute Gasteiger partial charge is 0.494 e. The van der Waals surface area contributed by atoms with Crippen LogP contribution in [0.5, 0.6) is 11.5 Å². The van der Waals surface area contributed by atoms with Gasteiger partial charge in [0, 0.05) is 50.7 Å². The Labute approximate surface area is 237 Å². The molecule has 0 saturated carbocycles. The number of pyridine rings is 1. The lowest BCUT2D eigenvalue weighted by atomic mass is 9.88. The molecule has 9 heteroatoms. The van der Waals surface area contributed by atoms with Gasteiger partial charge in [-0.1, -0.05) is 6.92 Å². The van der Waals surface area contributed by atoms with Gasteiger partial charge in [0.25, 0.3) is 11.5 Å². The van der Waals surface area contributed by atoms with Gasteiger partial charge >= 0.3 is 0 Å². The third kappa shape index (κ3) is 6.47. The van der Waals surface area contributed by atoms with Crippen molar-refractivity contribution in [3.63, 3.8) is 0 Å². The second-order valence-electron chi connectivity index (χ2n) is 11.5. The fourth-order valence-electron chi connectivity index (χ4n) is 6.27. The first-order valence-corrected chi connectivity index (χ1v) is 14.8. The molecule has 0 bridgehead atoms. The Balaban J connectivity index is 1.14. The van der Waals surface area contributed by atoms with Gasteiger partial charge in [0.05, 0.1) is 31.5 Å². The van der Waals surface area contributed by atoms with Crippen molar-refractivity contribution in [2.75, 3.05) is 69.4 Å². The van der Waals surface area contributed by atoms with Gasteiger partial charge in [-0.05, 0) is 75.8 Å². The van der Waals surface area contributed by atoms with Crippen LogP contribution in [0.3, 0.4) is 0 Å². The Kier molecular flexibility index (Phi) is 9.00. The predicted octanol–water partition coefficient (Wildman–Crippen LogP) is 3.78. The van der Waals surface area contributed by atoms with Gasteiger partial charge in [-0.2, -0.15) is 0 Å². The maximum Gasteiger partial charge on any atom is 0.292 e. The van der Waals surface area contributed by atoms with E-state index in [-0.39, 0.29) is 23.8 Å². The molecule has 0 unspecified atom stereocenters. The number of rotatable bonds is 9. The standard InChI is InChI=1S/C31H44N4O5/c1-4-33-21-26(19-28(38-3)30(33)37)35-23-31(40-22-29(35)36)12-16-34(17-13-31)25-8-10-27(11-9-25)39-18-6-15-32-14-5-7-24(2)20-32/h8-11,19,21,24H,4-7,12-18,20,22-23H2,1-3H3/t24-/m0/s1. The molecule has 3 saturated heterocycles. The molecule has 2 aromatic rings. The number of hydrogen-bond acceptors (Lipinski definition) is 7. The number of hydrogen-bond donors (Lipinski definition) is 0. The van der Waals surface area contributed by atoms with Crippen molar-refractivity contribution in [1.82, 2.24) is 9.47 Å². The van der Waals surface area contributed by atoms with Crippen molar-refractivity contribution in [3.05, 3.63) is 46.9 Å². The van der Waals surface area contributed by atoms with Crippen LogP contribution in [0.15, 0.2) is 41.3 Å². The topological polar surface area (TPSA) is 76.5 Å². The molecule has 9 nitrogen and oxygen atoms in total. The van der Waals surface area contributed by atoms with Crippen LogP contribution in [-0.2, 0) is 16.1 Å². The Morgan fingerprint density at radius 3 is 2.55 bits per heavy atom. The van der Waals surface area contributed by atoms with E-state index in [1.165, 1.54) is 38.7 Å². The van der Waals surface area contributed by atoms with Crippen molar-refractivity contribution in [1.29, 1.82) is 0 Å². The van der Waals surface area contributed by atoms with Crippen LogP contribution in [0.4, 0.5) is 11.4 Å². The van der Waals surface area contributed by atoms with E-state index in [9.17, 15) is 9.59 Å². The lowest BCUT2D eigenvalue weighted by Gasteiger charge is -2.47. The van der Waals surface area contributed by atoms with E-state index in [0.29, 0.717) is 18.8 Å². The summed E-state index contributed by atoms with van der Waals surface area (Å²) in [5, 5.41) is 0. The first kappa shape index (κ1) is 28.5. The predicted molar refractivity (Wildman–Crippen MR) is 157 cm³/mol. The molecule has 218 valence electrons. The summed E-state index contributed by atoms with van der Waals surface area (Å²) in [4.78, 5) is 32.0. The van der Waals surface area contributed by atoms with Crippen LogP contribution >= 0.6 is 0 Å². The van der Waals surface area contributed by atoms with Crippen molar-refractivity contribution < 1.29 is 19.0 Å². The monoisotopic (exact) mass is 552 g/mol. The number of ether oxygens (including phenoxy) is 3. The van der Waals surface area contributed by atoms with Gasteiger partial charge in [0.1, 0.15) is 12.4 Å². The third-order valence-corrected chi connectivity index (χ3v) is 8.67. The molecule has 3 fully saturated rings. The summed E-state index contributed by atoms with van der Waals surface area (Å²) in [5.74, 6) is 1.87. The highest BCUT2D eigenvalue weighted by atomic mass is 16.5. The second kappa shape index (κ2) is 12.6. The average molecular weight is 553 g/mol. The molecule has 1 spiro atoms. The summed E-state index contributed by atoms with van der Waals surface area (Å²) >= 11 is 0. The normalized spacial score (nSPS) is 21.6. The Morgan fingerprint density at radius 1 is 1.07 bits per heavy atom. The van der Waals surface area contributed by atoms with Gasteiger partial charge in [0.15, 0.2) is 5.75 Å². The van der Waals surface area contributed by atoms with Gasteiger partial charge in [0.2, 0.25) is 0 Å². The highest BCUT2D eigenvalue weighted by Gasteiger charge is 2.43. The molecular formula is C31H44N4O5. The molecule has 1 aromatic carbocycles. The number of likely N-dealkylation sites (tertiary alicyclic amines) is 1. The summed E-state index contributed by atoms with van der Waals surface area (Å²) < 4.78 is 19.1. The minimum absolute atomic E-state index is 0.0381. The molecule has 0 radical (unpaired) electrons. The molecular weight excluding hydrogens is 508 g/mol. The summed E-state index contributed by atoms with van der Waals surface area (Å²) in [6.07, 6.45) is 7.09. The van der Waals surface area contributed by atoms with Crippen molar-refractivity contribution in [2.45, 2.75) is 58.1 Å². The van der Waals surface area contributed by atoms with Crippen LogP contribution in [0.2, 0.25) is 0 Å². The number of morpholine rings is 1. The van der Waals surface area contributed by atoms with E-state index >= 15 is 0 Å². The summed E-state index contributed by atoms with van der Waals surface area (Å²) in [5.41, 5.74) is 1.25. The lowest BCUT2D eigenvalue weighted by molar-refractivity contribution is -0.141. The SMILES string of the molecule is CCn1cc(N2CC3(CCN(c4ccc(OCCCN5CCC[C@H](C)C5)cc4)CC3)OCC2=O)cc(OC)c1=O. The zero-order valence-corrected chi connectivity index (χ0v) is 24.3. The van der Waals surface area contributed by atoms with Crippen LogP contribution < -0.4 is 24.8 Å². The van der Waals surface area contributed by atoms with Crippen LogP contribution in [0.25, 0.3) is 0 Å². The van der Waals surface area contributed by atoms with E-state index in [1.807, 2.05) is 6.92 Å². The zero-order valence-electron chi connectivity index (χ0n) is 24.3. The number of benzene rings is 1. The smallest absolute Gasteiger partial charge is 0.292 e. The van der Waals surface area contributed by atoms with Crippen molar-refractivity contribution in [2.24, 2.45) is 5.92 Å². The molecule has 1 atom stereocenters. The van der Waals surface area contributed by atoms with Crippen LogP contribution in [-0.4, -0.2) is 80.6 Å². The highest BCUT2D eigenvalue weighted by molar-refractivity contribution is 5.95. The fraction of sp³-hybridized carbons (Fsp3) is 0.613. The lowest BCUT2D eigenvalue weighted by Crippen LogP contribution is -2.59. The van der Waals surface area contributed by atoms with E-state index in [4.69, 9.17) is 14.2 Å². The number of piperidine rings is 2. The van der Waals surface area contributed by atoms with Crippen LogP contribution in [0, 0.1) is 5.92 Å². The number of carbonyl (C=O) groups is 1.